The van der Waals surface area contributed by atoms with E-state index >= 15 is 0 Å². The lowest BCUT2D eigenvalue weighted by Crippen LogP contribution is -2.40. The zero-order valence-electron chi connectivity index (χ0n) is 11.6. The van der Waals surface area contributed by atoms with E-state index < -0.39 is 10.0 Å². The van der Waals surface area contributed by atoms with Crippen LogP contribution in [0.1, 0.15) is 25.3 Å². The van der Waals surface area contributed by atoms with Crippen LogP contribution in [0, 0.1) is 5.92 Å². The topological polar surface area (TPSA) is 94.3 Å². The summed E-state index contributed by atoms with van der Waals surface area (Å²) in [6, 6.07) is 3.04. The first-order valence-corrected chi connectivity index (χ1v) is 8.26. The van der Waals surface area contributed by atoms with E-state index in [0.717, 1.165) is 18.4 Å². The molecule has 1 aliphatic heterocycles. The number of pyridine rings is 1. The third-order valence-corrected chi connectivity index (χ3v) is 5.10. The highest BCUT2D eigenvalue weighted by atomic mass is 32.2. The number of rotatable bonds is 5. The fourth-order valence-corrected chi connectivity index (χ4v) is 3.55. The minimum Gasteiger partial charge on any atom is -0.381 e. The van der Waals surface area contributed by atoms with Crippen LogP contribution < -0.4 is 10.5 Å². The van der Waals surface area contributed by atoms with E-state index in [4.69, 9.17) is 10.5 Å². The number of nitrogens with zero attached hydrogens (tertiary/aromatic N) is 1. The lowest BCUT2D eigenvalue weighted by Gasteiger charge is -2.28. The SMILES string of the molecule is CC(NS(=O)(=O)c1ccc(CN)cn1)C1CCOCC1. The Bertz CT molecular complexity index is 524. The zero-order chi connectivity index (χ0) is 14.6. The van der Waals surface area contributed by atoms with E-state index in [0.29, 0.717) is 25.7 Å². The van der Waals surface area contributed by atoms with Crippen molar-refractivity contribution in [3.63, 3.8) is 0 Å². The Morgan fingerprint density at radius 2 is 2.15 bits per heavy atom. The Kier molecular flexibility index (Phi) is 5.09. The molecule has 1 aliphatic rings. The molecule has 1 atom stereocenters. The predicted molar refractivity (Wildman–Crippen MR) is 75.5 cm³/mol. The van der Waals surface area contributed by atoms with Gasteiger partial charge < -0.3 is 10.5 Å². The molecule has 0 bridgehead atoms. The number of sulfonamides is 1. The molecular formula is C13H21N3O3S. The third kappa shape index (κ3) is 3.76. The number of aromatic nitrogens is 1. The van der Waals surface area contributed by atoms with Gasteiger partial charge in [0.15, 0.2) is 5.03 Å². The van der Waals surface area contributed by atoms with Gasteiger partial charge in [-0.2, -0.15) is 0 Å². The maximum atomic E-state index is 12.2. The van der Waals surface area contributed by atoms with E-state index in [-0.39, 0.29) is 11.1 Å². The van der Waals surface area contributed by atoms with Crippen LogP contribution >= 0.6 is 0 Å². The Morgan fingerprint density at radius 1 is 1.45 bits per heavy atom. The number of ether oxygens (including phenoxy) is 1. The van der Waals surface area contributed by atoms with Crippen molar-refractivity contribution in [2.45, 2.75) is 37.4 Å². The summed E-state index contributed by atoms with van der Waals surface area (Å²) in [5, 5.41) is 0.0357. The molecule has 1 unspecified atom stereocenters. The van der Waals surface area contributed by atoms with E-state index in [9.17, 15) is 8.42 Å². The van der Waals surface area contributed by atoms with Crippen LogP contribution in [0.15, 0.2) is 23.4 Å². The van der Waals surface area contributed by atoms with Crippen molar-refractivity contribution in [2.24, 2.45) is 11.7 Å². The third-order valence-electron chi connectivity index (χ3n) is 3.62. The van der Waals surface area contributed by atoms with E-state index in [1.54, 1.807) is 6.07 Å². The van der Waals surface area contributed by atoms with Gasteiger partial charge in [-0.25, -0.2) is 18.1 Å². The average molecular weight is 299 g/mol. The lowest BCUT2D eigenvalue weighted by atomic mass is 9.94. The standard InChI is InChI=1S/C13H21N3O3S/c1-10(12-4-6-19-7-5-12)16-20(17,18)13-3-2-11(8-14)9-15-13/h2-3,9-10,12,16H,4-8,14H2,1H3. The highest BCUT2D eigenvalue weighted by Crippen LogP contribution is 2.20. The van der Waals surface area contributed by atoms with Crippen molar-refractivity contribution in [1.29, 1.82) is 0 Å². The van der Waals surface area contributed by atoms with Crippen LogP contribution in [0.3, 0.4) is 0 Å². The van der Waals surface area contributed by atoms with Gasteiger partial charge in [0.1, 0.15) is 0 Å². The summed E-state index contributed by atoms with van der Waals surface area (Å²) in [4.78, 5) is 3.96. The van der Waals surface area contributed by atoms with Crippen molar-refractivity contribution >= 4 is 10.0 Å². The molecule has 1 saturated heterocycles. The molecule has 0 saturated carbocycles. The summed E-state index contributed by atoms with van der Waals surface area (Å²) in [7, 11) is -3.58. The second kappa shape index (κ2) is 6.62. The van der Waals surface area contributed by atoms with Crippen LogP contribution in [-0.2, 0) is 21.3 Å². The van der Waals surface area contributed by atoms with Gasteiger partial charge in [0, 0.05) is 32.0 Å². The summed E-state index contributed by atoms with van der Waals surface area (Å²) in [6.07, 6.45) is 3.25. The Hall–Kier alpha value is -1.02. The fourth-order valence-electron chi connectivity index (χ4n) is 2.31. The van der Waals surface area contributed by atoms with E-state index in [1.165, 1.54) is 12.3 Å². The molecule has 0 amide bonds. The maximum absolute atomic E-state index is 12.2. The number of hydrogen-bond donors (Lipinski definition) is 2. The summed E-state index contributed by atoms with van der Waals surface area (Å²) < 4.78 is 32.5. The number of nitrogens with one attached hydrogen (secondary N) is 1. The summed E-state index contributed by atoms with van der Waals surface area (Å²) >= 11 is 0. The lowest BCUT2D eigenvalue weighted by molar-refractivity contribution is 0.0585. The van der Waals surface area contributed by atoms with E-state index in [1.807, 2.05) is 6.92 Å². The largest absolute Gasteiger partial charge is 0.381 e. The molecule has 6 nitrogen and oxygen atoms in total. The van der Waals surface area contributed by atoms with Gasteiger partial charge >= 0.3 is 0 Å². The summed E-state index contributed by atoms with van der Waals surface area (Å²) in [5.74, 6) is 0.307. The molecule has 1 aromatic heterocycles. The highest BCUT2D eigenvalue weighted by Gasteiger charge is 2.26. The molecule has 1 fully saturated rings. The van der Waals surface area contributed by atoms with Gasteiger partial charge in [0.25, 0.3) is 10.0 Å². The fraction of sp³-hybridized carbons (Fsp3) is 0.615. The minimum absolute atomic E-state index is 0.0357. The molecule has 7 heteroatoms. The maximum Gasteiger partial charge on any atom is 0.258 e. The van der Waals surface area contributed by atoms with Crippen LogP contribution in [0.4, 0.5) is 0 Å². The zero-order valence-corrected chi connectivity index (χ0v) is 12.4. The Labute approximate surface area is 119 Å². The second-order valence-corrected chi connectivity index (χ2v) is 6.73. The second-order valence-electron chi connectivity index (χ2n) is 5.07. The monoisotopic (exact) mass is 299 g/mol. The molecule has 1 aromatic rings. The van der Waals surface area contributed by atoms with Crippen molar-refractivity contribution in [3.05, 3.63) is 23.9 Å². The first-order chi connectivity index (χ1) is 9.53. The molecule has 0 aromatic carbocycles. The summed E-state index contributed by atoms with van der Waals surface area (Å²) in [6.45, 7) is 3.63. The average Bonchev–Trinajstić information content (AvgIpc) is 2.48. The molecule has 0 aliphatic carbocycles. The van der Waals surface area contributed by atoms with Gasteiger partial charge in [-0.3, -0.25) is 0 Å². The molecule has 20 heavy (non-hydrogen) atoms. The Balaban J connectivity index is 2.05. The quantitative estimate of drug-likeness (QED) is 0.832. The van der Waals surface area contributed by atoms with Crippen LogP contribution in [0.5, 0.6) is 0 Å². The first-order valence-electron chi connectivity index (χ1n) is 6.78. The van der Waals surface area contributed by atoms with Crippen molar-refractivity contribution in [1.82, 2.24) is 9.71 Å². The number of hydrogen-bond acceptors (Lipinski definition) is 5. The van der Waals surface area contributed by atoms with E-state index in [2.05, 4.69) is 9.71 Å². The molecule has 2 rings (SSSR count). The van der Waals surface area contributed by atoms with Crippen LogP contribution in [0.2, 0.25) is 0 Å². The van der Waals surface area contributed by atoms with Gasteiger partial charge in [-0.15, -0.1) is 0 Å². The number of nitrogens with two attached hydrogens (primary N) is 1. The smallest absolute Gasteiger partial charge is 0.258 e. The van der Waals surface area contributed by atoms with Crippen LogP contribution in [0.25, 0.3) is 0 Å². The highest BCUT2D eigenvalue weighted by molar-refractivity contribution is 7.89. The van der Waals surface area contributed by atoms with Gasteiger partial charge in [0.05, 0.1) is 0 Å². The molecule has 0 radical (unpaired) electrons. The minimum atomic E-state index is -3.58. The van der Waals surface area contributed by atoms with Crippen molar-refractivity contribution in [3.8, 4) is 0 Å². The Morgan fingerprint density at radius 3 is 2.70 bits per heavy atom. The van der Waals surface area contributed by atoms with Gasteiger partial charge in [0.2, 0.25) is 0 Å². The molecule has 0 spiro atoms. The molecule has 112 valence electrons. The summed E-state index contributed by atoms with van der Waals surface area (Å²) in [5.41, 5.74) is 6.28. The van der Waals surface area contributed by atoms with Crippen LogP contribution in [-0.4, -0.2) is 32.7 Å². The van der Waals surface area contributed by atoms with Gasteiger partial charge in [-0.1, -0.05) is 6.07 Å². The molecule has 3 N–H and O–H groups in total. The first kappa shape index (κ1) is 15.4. The molecule has 2 heterocycles. The molecular weight excluding hydrogens is 278 g/mol. The van der Waals surface area contributed by atoms with Crippen molar-refractivity contribution in [2.75, 3.05) is 13.2 Å². The predicted octanol–water partition coefficient (Wildman–Crippen LogP) is 0.634. The van der Waals surface area contributed by atoms with Gasteiger partial charge in [-0.05, 0) is 37.3 Å². The normalized spacial score (nSPS) is 18.9. The van der Waals surface area contributed by atoms with Crippen molar-refractivity contribution < 1.29 is 13.2 Å².